The van der Waals surface area contributed by atoms with Crippen LogP contribution in [0.4, 0.5) is 19.0 Å². The highest BCUT2D eigenvalue weighted by molar-refractivity contribution is 6.31. The van der Waals surface area contributed by atoms with Crippen LogP contribution in [0.25, 0.3) is 11.1 Å². The number of carbonyl (C=O) groups excluding carboxylic acids is 2. The number of ether oxygens (including phenoxy) is 1. The van der Waals surface area contributed by atoms with Crippen LogP contribution in [0.15, 0.2) is 47.4 Å². The summed E-state index contributed by atoms with van der Waals surface area (Å²) in [5.41, 5.74) is -0.181. The number of nitrogens with one attached hydrogen (secondary N) is 2. The third-order valence-electron chi connectivity index (χ3n) is 8.30. The molecule has 45 heavy (non-hydrogen) atoms. The van der Waals surface area contributed by atoms with Crippen LogP contribution in [0.2, 0.25) is 5.02 Å². The summed E-state index contributed by atoms with van der Waals surface area (Å²) in [5.74, 6) is -4.06. The molecular weight excluding hydrogens is 611 g/mol. The van der Waals surface area contributed by atoms with Gasteiger partial charge in [0.1, 0.15) is 17.1 Å². The monoisotopic (exact) mass is 643 g/mol. The van der Waals surface area contributed by atoms with Gasteiger partial charge in [0.15, 0.2) is 0 Å². The summed E-state index contributed by atoms with van der Waals surface area (Å²) >= 11 is 6.18. The summed E-state index contributed by atoms with van der Waals surface area (Å²) in [4.78, 5) is 45.5. The highest BCUT2D eigenvalue weighted by Gasteiger charge is 2.46. The van der Waals surface area contributed by atoms with Crippen molar-refractivity contribution >= 4 is 29.2 Å². The van der Waals surface area contributed by atoms with E-state index in [2.05, 4.69) is 15.6 Å². The van der Waals surface area contributed by atoms with Gasteiger partial charge in [0, 0.05) is 42.0 Å². The average molecular weight is 644 g/mol. The lowest BCUT2D eigenvalue weighted by atomic mass is 9.82. The summed E-state index contributed by atoms with van der Waals surface area (Å²) in [7, 11) is 0. The first-order chi connectivity index (χ1) is 21.4. The second-order valence-electron chi connectivity index (χ2n) is 12.0. The van der Waals surface area contributed by atoms with E-state index < -0.39 is 42.1 Å². The maximum atomic E-state index is 14.5. The van der Waals surface area contributed by atoms with E-state index in [0.29, 0.717) is 29.5 Å². The van der Waals surface area contributed by atoms with Crippen LogP contribution in [-0.4, -0.2) is 64.1 Å². The first-order valence-corrected chi connectivity index (χ1v) is 15.4. The molecular formula is C32H33ClF3N5O4. The number of halogens is 4. The quantitative estimate of drug-likeness (QED) is 0.281. The zero-order valence-corrected chi connectivity index (χ0v) is 25.4. The number of hydrogen-bond donors (Lipinski definition) is 2. The Morgan fingerprint density at radius 3 is 2.49 bits per heavy atom. The zero-order valence-electron chi connectivity index (χ0n) is 24.7. The van der Waals surface area contributed by atoms with Crippen molar-refractivity contribution in [1.29, 1.82) is 0 Å². The van der Waals surface area contributed by atoms with E-state index in [1.54, 1.807) is 35.9 Å². The fraction of sp³-hybridized carbons (Fsp3) is 0.438. The third kappa shape index (κ3) is 6.86. The van der Waals surface area contributed by atoms with E-state index in [0.717, 1.165) is 24.2 Å². The second-order valence-corrected chi connectivity index (χ2v) is 12.4. The number of benzene rings is 1. The number of aromatic nitrogens is 2. The van der Waals surface area contributed by atoms with Crippen molar-refractivity contribution in [3.63, 3.8) is 0 Å². The Hall–Kier alpha value is -3.90. The van der Waals surface area contributed by atoms with E-state index in [9.17, 15) is 27.6 Å². The molecule has 9 nitrogen and oxygen atoms in total. The largest absolute Gasteiger partial charge is 0.478 e. The van der Waals surface area contributed by atoms with Gasteiger partial charge < -0.3 is 24.8 Å². The molecule has 1 saturated heterocycles. The maximum absolute atomic E-state index is 14.5. The number of amides is 2. The predicted molar refractivity (Wildman–Crippen MR) is 163 cm³/mol. The summed E-state index contributed by atoms with van der Waals surface area (Å²) in [6.45, 7) is 1.10. The highest BCUT2D eigenvalue weighted by atomic mass is 35.5. The Kier molecular flexibility index (Phi) is 8.38. The molecule has 3 heterocycles. The number of carbonyl (C=O) groups is 2. The lowest BCUT2D eigenvalue weighted by Gasteiger charge is -2.39. The molecule has 238 valence electrons. The molecule has 2 N–H and O–H groups in total. The van der Waals surface area contributed by atoms with Crippen molar-refractivity contribution in [2.45, 2.75) is 63.2 Å². The van der Waals surface area contributed by atoms with Gasteiger partial charge in [-0.1, -0.05) is 17.7 Å². The lowest BCUT2D eigenvalue weighted by molar-refractivity contribution is -0.113. The molecule has 6 rings (SSSR count). The fourth-order valence-corrected chi connectivity index (χ4v) is 5.79. The molecule has 3 fully saturated rings. The summed E-state index contributed by atoms with van der Waals surface area (Å²) in [5, 5.41) is 6.06. The van der Waals surface area contributed by atoms with Gasteiger partial charge in [0.2, 0.25) is 5.88 Å². The number of nitrogens with zero attached hydrogens (tertiary/aromatic N) is 3. The van der Waals surface area contributed by atoms with Crippen molar-refractivity contribution in [3.05, 3.63) is 74.7 Å². The van der Waals surface area contributed by atoms with Gasteiger partial charge in [0.25, 0.3) is 23.3 Å². The van der Waals surface area contributed by atoms with Crippen LogP contribution in [0.3, 0.4) is 0 Å². The maximum Gasteiger partial charge on any atom is 0.282 e. The van der Waals surface area contributed by atoms with Crippen LogP contribution >= 0.6 is 11.6 Å². The van der Waals surface area contributed by atoms with Crippen molar-refractivity contribution in [2.24, 2.45) is 0 Å². The molecule has 3 aliphatic rings. The molecule has 1 aliphatic heterocycles. The molecule has 0 bridgehead atoms. The van der Waals surface area contributed by atoms with Gasteiger partial charge in [-0.25, -0.2) is 13.2 Å². The molecule has 0 unspecified atom stereocenters. The zero-order chi connectivity index (χ0) is 31.9. The summed E-state index contributed by atoms with van der Waals surface area (Å²) < 4.78 is 48.8. The minimum atomic E-state index is -2.94. The van der Waals surface area contributed by atoms with Gasteiger partial charge in [-0.3, -0.25) is 14.4 Å². The van der Waals surface area contributed by atoms with E-state index >= 15 is 0 Å². The van der Waals surface area contributed by atoms with Gasteiger partial charge in [0.05, 0.1) is 19.7 Å². The molecule has 2 saturated carbocycles. The topological polar surface area (TPSA) is 106 Å². The van der Waals surface area contributed by atoms with Gasteiger partial charge >= 0.3 is 0 Å². The van der Waals surface area contributed by atoms with Gasteiger partial charge in [-0.05, 0) is 80.0 Å². The summed E-state index contributed by atoms with van der Waals surface area (Å²) in [6.07, 6.45) is 5.26. The molecule has 2 aromatic heterocycles. The molecule has 13 heteroatoms. The smallest absolute Gasteiger partial charge is 0.282 e. The number of anilines is 1. The van der Waals surface area contributed by atoms with E-state index in [4.69, 9.17) is 16.3 Å². The normalized spacial score (nSPS) is 18.1. The SMILES string of the molecule is CCOc1cc(-c2ccc(Cl)cc2C(=O)N2CC(F)(F)C2)cc(NC(=O)c2cc(CNCC3(F)CCC3)cn(C3CC3)c2=O)n1. The van der Waals surface area contributed by atoms with Crippen LogP contribution in [0.5, 0.6) is 5.88 Å². The molecule has 2 aliphatic carbocycles. The number of rotatable bonds is 11. The summed E-state index contributed by atoms with van der Waals surface area (Å²) in [6, 6.07) is 9.13. The van der Waals surface area contributed by atoms with E-state index in [-0.39, 0.29) is 53.6 Å². The Morgan fingerprint density at radius 1 is 1.09 bits per heavy atom. The van der Waals surface area contributed by atoms with Crippen molar-refractivity contribution in [1.82, 2.24) is 19.8 Å². The van der Waals surface area contributed by atoms with Gasteiger partial charge in [-0.15, -0.1) is 0 Å². The van der Waals surface area contributed by atoms with E-state index in [1.165, 1.54) is 18.2 Å². The highest BCUT2D eigenvalue weighted by Crippen LogP contribution is 2.36. The number of hydrogen-bond acceptors (Lipinski definition) is 6. The molecule has 3 aromatic rings. The third-order valence-corrected chi connectivity index (χ3v) is 8.53. The Morgan fingerprint density at radius 2 is 1.84 bits per heavy atom. The number of pyridine rings is 2. The molecule has 2 amide bonds. The standard InChI is InChI=1S/C32H33ClF3N5O4/c1-2-45-27-12-20(23-7-4-21(33)13-24(23)29(43)40-17-32(35,36)18-40)11-26(38-27)39-28(42)25-10-19(14-37-16-31(34)8-3-9-31)15-41(30(25)44)22-5-6-22/h4,7,10-13,15,22,37H,2-3,5-6,8-9,14,16-18H2,1H3,(H,38,39,42). The Bertz CT molecular complexity index is 1700. The van der Waals surface area contributed by atoms with Crippen molar-refractivity contribution in [2.75, 3.05) is 31.6 Å². The van der Waals surface area contributed by atoms with Gasteiger partial charge in [-0.2, -0.15) is 4.98 Å². The molecule has 0 radical (unpaired) electrons. The Labute approximate surface area is 262 Å². The van der Waals surface area contributed by atoms with Crippen molar-refractivity contribution < 1.29 is 27.5 Å². The lowest BCUT2D eigenvalue weighted by Crippen LogP contribution is -2.58. The van der Waals surface area contributed by atoms with Crippen molar-refractivity contribution in [3.8, 4) is 17.0 Å². The minimum absolute atomic E-state index is 0.00128. The number of alkyl halides is 3. The first-order valence-electron chi connectivity index (χ1n) is 15.0. The molecule has 1 aromatic carbocycles. The predicted octanol–water partition coefficient (Wildman–Crippen LogP) is 5.62. The van der Waals surface area contributed by atoms with Crippen LogP contribution in [0.1, 0.15) is 71.3 Å². The van der Waals surface area contributed by atoms with Crippen LogP contribution in [-0.2, 0) is 6.54 Å². The number of likely N-dealkylation sites (tertiary alicyclic amines) is 1. The first kappa shape index (κ1) is 31.1. The minimum Gasteiger partial charge on any atom is -0.478 e. The fourth-order valence-electron chi connectivity index (χ4n) is 5.61. The van der Waals surface area contributed by atoms with E-state index in [1.807, 2.05) is 0 Å². The van der Waals surface area contributed by atoms with Crippen LogP contribution in [0, 0.1) is 0 Å². The second kappa shape index (κ2) is 12.1. The molecule has 0 spiro atoms. The Balaban J connectivity index is 1.29. The molecule has 0 atom stereocenters. The van der Waals surface area contributed by atoms with Crippen LogP contribution < -0.4 is 20.9 Å². The average Bonchev–Trinajstić information content (AvgIpc) is 3.81.